The number of rotatable bonds is 4. The Morgan fingerprint density at radius 2 is 2.10 bits per heavy atom. The maximum atomic E-state index is 12.3. The van der Waals surface area contributed by atoms with Gasteiger partial charge in [-0.3, -0.25) is 9.48 Å². The first-order valence-corrected chi connectivity index (χ1v) is 7.44. The minimum absolute atomic E-state index is 0.00222. The molecule has 1 N–H and O–H groups in total. The zero-order chi connectivity index (χ0) is 14.7. The molecule has 5 nitrogen and oxygen atoms in total. The Bertz CT molecular complexity index is 448. The summed E-state index contributed by atoms with van der Waals surface area (Å²) in [5.74, 6) is 0.839. The Labute approximate surface area is 120 Å². The molecule has 0 bridgehead atoms. The number of aliphatic hydroxyl groups excluding tert-OH is 1. The maximum Gasteiger partial charge on any atom is 0.274 e. The Balaban J connectivity index is 1.86. The molecule has 5 heteroatoms. The first kappa shape index (κ1) is 15.0. The topological polar surface area (TPSA) is 58.4 Å². The number of nitrogens with zero attached hydrogens (tertiary/aromatic N) is 3. The molecule has 112 valence electrons. The van der Waals surface area contributed by atoms with Crippen molar-refractivity contribution in [1.29, 1.82) is 0 Å². The van der Waals surface area contributed by atoms with Gasteiger partial charge in [-0.25, -0.2) is 0 Å². The lowest BCUT2D eigenvalue weighted by Gasteiger charge is -2.34. The van der Waals surface area contributed by atoms with Crippen LogP contribution in [0.1, 0.15) is 43.6 Å². The quantitative estimate of drug-likeness (QED) is 0.912. The standard InChI is InChI=1S/C15H25N3O2/c1-11(2)10-14(19)12-4-8-18(9-5-12)15(20)13-6-7-17(3)16-13/h6-7,11-12,14,19H,4-5,8-10H2,1-3H3. The third-order valence-electron chi connectivity index (χ3n) is 4.02. The summed E-state index contributed by atoms with van der Waals surface area (Å²) in [6, 6.07) is 1.75. The fourth-order valence-electron chi connectivity index (χ4n) is 2.85. The summed E-state index contributed by atoms with van der Waals surface area (Å²) in [5, 5.41) is 14.3. The van der Waals surface area contributed by atoms with Crippen molar-refractivity contribution in [1.82, 2.24) is 14.7 Å². The van der Waals surface area contributed by atoms with Crippen LogP contribution < -0.4 is 0 Å². The van der Waals surface area contributed by atoms with E-state index < -0.39 is 0 Å². The van der Waals surface area contributed by atoms with E-state index in [0.29, 0.717) is 17.5 Å². The van der Waals surface area contributed by atoms with Gasteiger partial charge in [0.25, 0.3) is 5.91 Å². The summed E-state index contributed by atoms with van der Waals surface area (Å²) < 4.78 is 1.65. The molecule has 1 atom stereocenters. The average molecular weight is 279 g/mol. The molecular weight excluding hydrogens is 254 g/mol. The van der Waals surface area contributed by atoms with Crippen LogP contribution in [0, 0.1) is 11.8 Å². The van der Waals surface area contributed by atoms with Crippen molar-refractivity contribution < 1.29 is 9.90 Å². The summed E-state index contributed by atoms with van der Waals surface area (Å²) >= 11 is 0. The number of hydrogen-bond donors (Lipinski definition) is 1. The highest BCUT2D eigenvalue weighted by molar-refractivity contribution is 5.92. The van der Waals surface area contributed by atoms with Crippen LogP contribution in [0.25, 0.3) is 0 Å². The van der Waals surface area contributed by atoms with Crippen LogP contribution in [0.5, 0.6) is 0 Å². The number of aliphatic hydroxyl groups is 1. The molecule has 1 amide bonds. The van der Waals surface area contributed by atoms with E-state index in [0.717, 1.165) is 32.4 Å². The van der Waals surface area contributed by atoms with Crippen LogP contribution in [0.3, 0.4) is 0 Å². The van der Waals surface area contributed by atoms with Crippen molar-refractivity contribution in [2.45, 2.75) is 39.2 Å². The zero-order valence-electron chi connectivity index (χ0n) is 12.6. The van der Waals surface area contributed by atoms with Crippen molar-refractivity contribution in [3.63, 3.8) is 0 Å². The lowest BCUT2D eigenvalue weighted by molar-refractivity contribution is 0.0382. The highest BCUT2D eigenvalue weighted by Gasteiger charge is 2.28. The molecule has 0 aliphatic carbocycles. The summed E-state index contributed by atoms with van der Waals surface area (Å²) in [7, 11) is 1.81. The van der Waals surface area contributed by atoms with Gasteiger partial charge in [0.2, 0.25) is 0 Å². The molecule has 1 aromatic rings. The van der Waals surface area contributed by atoms with Crippen molar-refractivity contribution in [2.24, 2.45) is 18.9 Å². The molecule has 1 saturated heterocycles. The van der Waals surface area contributed by atoms with E-state index >= 15 is 0 Å². The highest BCUT2D eigenvalue weighted by atomic mass is 16.3. The molecule has 1 aliphatic rings. The minimum atomic E-state index is -0.234. The lowest BCUT2D eigenvalue weighted by Crippen LogP contribution is -2.41. The summed E-state index contributed by atoms with van der Waals surface area (Å²) in [5.41, 5.74) is 0.508. The van der Waals surface area contributed by atoms with Gasteiger partial charge in [0.15, 0.2) is 0 Å². The van der Waals surface area contributed by atoms with E-state index in [9.17, 15) is 9.90 Å². The van der Waals surface area contributed by atoms with E-state index in [4.69, 9.17) is 0 Å². The minimum Gasteiger partial charge on any atom is -0.393 e. The van der Waals surface area contributed by atoms with Crippen LogP contribution in [0.15, 0.2) is 12.3 Å². The Hall–Kier alpha value is -1.36. The van der Waals surface area contributed by atoms with Crippen molar-refractivity contribution in [2.75, 3.05) is 13.1 Å². The molecule has 0 radical (unpaired) electrons. The van der Waals surface area contributed by atoms with Gasteiger partial charge in [0, 0.05) is 26.3 Å². The van der Waals surface area contributed by atoms with Crippen LogP contribution in [-0.4, -0.2) is 44.9 Å². The highest BCUT2D eigenvalue weighted by Crippen LogP contribution is 2.25. The van der Waals surface area contributed by atoms with E-state index in [1.54, 1.807) is 16.9 Å². The third-order valence-corrected chi connectivity index (χ3v) is 4.02. The van der Waals surface area contributed by atoms with E-state index in [1.807, 2.05) is 11.9 Å². The molecule has 1 aliphatic heterocycles. The number of carbonyl (C=O) groups is 1. The molecule has 0 spiro atoms. The maximum absolute atomic E-state index is 12.3. The second-order valence-corrected chi connectivity index (χ2v) is 6.20. The molecule has 1 unspecified atom stereocenters. The van der Waals surface area contributed by atoms with Gasteiger partial charge in [0.05, 0.1) is 6.10 Å². The van der Waals surface area contributed by atoms with Gasteiger partial charge in [0.1, 0.15) is 5.69 Å². The fraction of sp³-hybridized carbons (Fsp3) is 0.733. The molecular formula is C15H25N3O2. The fourth-order valence-corrected chi connectivity index (χ4v) is 2.85. The van der Waals surface area contributed by atoms with Crippen molar-refractivity contribution in [3.05, 3.63) is 18.0 Å². The van der Waals surface area contributed by atoms with Crippen LogP contribution in [0.2, 0.25) is 0 Å². The second kappa shape index (κ2) is 6.39. The summed E-state index contributed by atoms with van der Waals surface area (Å²) in [4.78, 5) is 14.1. The zero-order valence-corrected chi connectivity index (χ0v) is 12.6. The van der Waals surface area contributed by atoms with Gasteiger partial charge in [-0.05, 0) is 37.2 Å². The first-order valence-electron chi connectivity index (χ1n) is 7.44. The molecule has 1 fully saturated rings. The van der Waals surface area contributed by atoms with Gasteiger partial charge in [-0.15, -0.1) is 0 Å². The molecule has 1 aromatic heterocycles. The Morgan fingerprint density at radius 3 is 2.60 bits per heavy atom. The monoisotopic (exact) mass is 279 g/mol. The summed E-state index contributed by atoms with van der Waals surface area (Å²) in [6.45, 7) is 5.69. The molecule has 2 rings (SSSR count). The number of amides is 1. The van der Waals surface area contributed by atoms with Crippen LogP contribution in [-0.2, 0) is 7.05 Å². The van der Waals surface area contributed by atoms with Gasteiger partial charge in [-0.2, -0.15) is 5.10 Å². The Kier molecular flexibility index (Phi) is 4.81. The number of aromatic nitrogens is 2. The number of likely N-dealkylation sites (tertiary alicyclic amines) is 1. The van der Waals surface area contributed by atoms with Gasteiger partial charge >= 0.3 is 0 Å². The smallest absolute Gasteiger partial charge is 0.274 e. The Morgan fingerprint density at radius 1 is 1.45 bits per heavy atom. The number of piperidine rings is 1. The van der Waals surface area contributed by atoms with Crippen LogP contribution >= 0.6 is 0 Å². The SMILES string of the molecule is CC(C)CC(O)C1CCN(C(=O)c2ccn(C)n2)CC1. The molecule has 0 saturated carbocycles. The molecule has 20 heavy (non-hydrogen) atoms. The molecule has 0 aromatic carbocycles. The molecule has 2 heterocycles. The average Bonchev–Trinajstić information content (AvgIpc) is 2.84. The second-order valence-electron chi connectivity index (χ2n) is 6.20. The van der Waals surface area contributed by atoms with Crippen molar-refractivity contribution >= 4 is 5.91 Å². The third kappa shape index (κ3) is 3.60. The van der Waals surface area contributed by atoms with Crippen LogP contribution in [0.4, 0.5) is 0 Å². The predicted octanol–water partition coefficient (Wildman–Crippen LogP) is 1.68. The normalized spacial score (nSPS) is 18.6. The summed E-state index contributed by atoms with van der Waals surface area (Å²) in [6.07, 6.45) is 4.16. The van der Waals surface area contributed by atoms with E-state index in [-0.39, 0.29) is 12.0 Å². The van der Waals surface area contributed by atoms with E-state index in [2.05, 4.69) is 18.9 Å². The van der Waals surface area contributed by atoms with Crippen molar-refractivity contribution in [3.8, 4) is 0 Å². The first-order chi connectivity index (χ1) is 9.47. The number of aryl methyl sites for hydroxylation is 1. The number of hydrogen-bond acceptors (Lipinski definition) is 3. The predicted molar refractivity (Wildman–Crippen MR) is 77.3 cm³/mol. The largest absolute Gasteiger partial charge is 0.393 e. The number of carbonyl (C=O) groups excluding carboxylic acids is 1. The van der Waals surface area contributed by atoms with E-state index in [1.165, 1.54) is 0 Å². The van der Waals surface area contributed by atoms with Gasteiger partial charge < -0.3 is 10.0 Å². The lowest BCUT2D eigenvalue weighted by atomic mass is 9.87. The van der Waals surface area contributed by atoms with Gasteiger partial charge in [-0.1, -0.05) is 13.8 Å².